The highest BCUT2D eigenvalue weighted by Gasteiger charge is 2.35. The number of amides is 2. The average Bonchev–Trinajstić information content (AvgIpc) is 2.97. The molecule has 2 aromatic rings. The lowest BCUT2D eigenvalue weighted by atomic mass is 10.1. The third-order valence-electron chi connectivity index (χ3n) is 4.60. The molecule has 1 aromatic heterocycles. The first-order valence-corrected chi connectivity index (χ1v) is 8.37. The van der Waals surface area contributed by atoms with Crippen molar-refractivity contribution in [3.63, 3.8) is 0 Å². The summed E-state index contributed by atoms with van der Waals surface area (Å²) in [7, 11) is 0. The quantitative estimate of drug-likeness (QED) is 0.926. The lowest BCUT2D eigenvalue weighted by molar-refractivity contribution is -0.126. The number of hydrogen-bond acceptors (Lipinski definition) is 4. The number of aryl methyl sites for hydroxylation is 3. The number of nitrogens with zero attached hydrogens (tertiary/aromatic N) is 3. The molecule has 2 heterocycles. The summed E-state index contributed by atoms with van der Waals surface area (Å²) in [5.74, 6) is -0.464. The van der Waals surface area contributed by atoms with Crippen LogP contribution in [0.3, 0.4) is 0 Å². The van der Waals surface area contributed by atoms with Gasteiger partial charge in [-0.15, -0.1) is 0 Å². The summed E-state index contributed by atoms with van der Waals surface area (Å²) in [5.41, 5.74) is 4.80. The lowest BCUT2D eigenvalue weighted by Crippen LogP contribution is -2.32. The average molecular weight is 338 g/mol. The topological polar surface area (TPSA) is 75.2 Å². The minimum absolute atomic E-state index is 0.0127. The molecule has 1 saturated heterocycles. The zero-order valence-corrected chi connectivity index (χ0v) is 14.7. The van der Waals surface area contributed by atoms with Gasteiger partial charge < -0.3 is 10.2 Å². The van der Waals surface area contributed by atoms with E-state index in [-0.39, 0.29) is 24.2 Å². The van der Waals surface area contributed by atoms with Crippen molar-refractivity contribution in [2.75, 3.05) is 11.4 Å². The van der Waals surface area contributed by atoms with Gasteiger partial charge in [0.05, 0.1) is 18.2 Å². The van der Waals surface area contributed by atoms with Crippen LogP contribution in [0.1, 0.15) is 28.9 Å². The summed E-state index contributed by atoms with van der Waals surface area (Å²) in [4.78, 5) is 34.6. The molecule has 0 spiro atoms. The van der Waals surface area contributed by atoms with E-state index in [9.17, 15) is 9.59 Å². The smallest absolute Gasteiger partial charge is 0.227 e. The summed E-state index contributed by atoms with van der Waals surface area (Å²) in [5, 5.41) is 2.87. The molecule has 1 aliphatic rings. The third-order valence-corrected chi connectivity index (χ3v) is 4.60. The SMILES string of the molecule is Cc1cc(CNC(=O)C2CC(=O)N(c3ccc(C)c(C)c3)C2)ncn1. The Labute approximate surface area is 147 Å². The van der Waals surface area contributed by atoms with Gasteiger partial charge in [-0.05, 0) is 50.1 Å². The largest absolute Gasteiger partial charge is 0.350 e. The molecule has 1 fully saturated rings. The molecule has 25 heavy (non-hydrogen) atoms. The predicted molar refractivity (Wildman–Crippen MR) is 95.0 cm³/mol. The highest BCUT2D eigenvalue weighted by molar-refractivity contribution is 6.00. The molecule has 6 nitrogen and oxygen atoms in total. The van der Waals surface area contributed by atoms with Gasteiger partial charge in [-0.25, -0.2) is 9.97 Å². The van der Waals surface area contributed by atoms with Gasteiger partial charge in [0.1, 0.15) is 6.33 Å². The van der Waals surface area contributed by atoms with Crippen molar-refractivity contribution in [3.8, 4) is 0 Å². The molecule has 1 unspecified atom stereocenters. The summed E-state index contributed by atoms with van der Waals surface area (Å²) in [6.45, 7) is 6.69. The number of anilines is 1. The van der Waals surface area contributed by atoms with E-state index in [0.717, 1.165) is 22.6 Å². The van der Waals surface area contributed by atoms with Crippen LogP contribution < -0.4 is 10.2 Å². The van der Waals surface area contributed by atoms with Crippen molar-refractivity contribution >= 4 is 17.5 Å². The van der Waals surface area contributed by atoms with Crippen LogP contribution in [-0.4, -0.2) is 28.3 Å². The highest BCUT2D eigenvalue weighted by Crippen LogP contribution is 2.26. The number of hydrogen-bond donors (Lipinski definition) is 1. The Morgan fingerprint density at radius 1 is 1.20 bits per heavy atom. The maximum absolute atomic E-state index is 12.4. The number of benzene rings is 1. The Balaban J connectivity index is 1.63. The number of rotatable bonds is 4. The first-order valence-electron chi connectivity index (χ1n) is 8.37. The molecule has 0 saturated carbocycles. The fourth-order valence-electron chi connectivity index (χ4n) is 2.95. The molecule has 6 heteroatoms. The Kier molecular flexibility index (Phi) is 4.79. The minimum atomic E-state index is -0.336. The van der Waals surface area contributed by atoms with E-state index in [2.05, 4.69) is 15.3 Å². The van der Waals surface area contributed by atoms with Crippen LogP contribution in [0.5, 0.6) is 0 Å². The maximum Gasteiger partial charge on any atom is 0.227 e. The fourth-order valence-corrected chi connectivity index (χ4v) is 2.95. The van der Waals surface area contributed by atoms with Crippen LogP contribution in [0, 0.1) is 26.7 Å². The second-order valence-electron chi connectivity index (χ2n) is 6.54. The van der Waals surface area contributed by atoms with Crippen LogP contribution in [0.25, 0.3) is 0 Å². The van der Waals surface area contributed by atoms with E-state index in [0.29, 0.717) is 13.1 Å². The van der Waals surface area contributed by atoms with Crippen molar-refractivity contribution in [1.29, 1.82) is 0 Å². The molecule has 1 aliphatic heterocycles. The summed E-state index contributed by atoms with van der Waals surface area (Å²) >= 11 is 0. The van der Waals surface area contributed by atoms with Crippen LogP contribution >= 0.6 is 0 Å². The van der Waals surface area contributed by atoms with E-state index in [4.69, 9.17) is 0 Å². The van der Waals surface area contributed by atoms with Crippen molar-refractivity contribution in [2.45, 2.75) is 33.7 Å². The Hall–Kier alpha value is -2.76. The maximum atomic E-state index is 12.4. The first kappa shape index (κ1) is 17.1. The van der Waals surface area contributed by atoms with Gasteiger partial charge in [-0.2, -0.15) is 0 Å². The van der Waals surface area contributed by atoms with Crippen LogP contribution in [0.4, 0.5) is 5.69 Å². The van der Waals surface area contributed by atoms with Gasteiger partial charge in [-0.1, -0.05) is 6.07 Å². The van der Waals surface area contributed by atoms with Gasteiger partial charge in [0.25, 0.3) is 0 Å². The van der Waals surface area contributed by atoms with E-state index in [1.165, 1.54) is 11.9 Å². The molecule has 0 aliphatic carbocycles. The molecular weight excluding hydrogens is 316 g/mol. The van der Waals surface area contributed by atoms with Crippen molar-refractivity contribution in [3.05, 3.63) is 53.1 Å². The van der Waals surface area contributed by atoms with Crippen LogP contribution in [0.15, 0.2) is 30.6 Å². The molecule has 1 aromatic carbocycles. The predicted octanol–water partition coefficient (Wildman–Crippen LogP) is 2.07. The highest BCUT2D eigenvalue weighted by atomic mass is 16.2. The number of carbonyl (C=O) groups excluding carboxylic acids is 2. The number of nitrogens with one attached hydrogen (secondary N) is 1. The van der Waals surface area contributed by atoms with Crippen molar-refractivity contribution in [1.82, 2.24) is 15.3 Å². The molecule has 3 rings (SSSR count). The van der Waals surface area contributed by atoms with Gasteiger partial charge in [-0.3, -0.25) is 9.59 Å². The minimum Gasteiger partial charge on any atom is -0.350 e. The van der Waals surface area contributed by atoms with Gasteiger partial charge in [0.15, 0.2) is 0 Å². The van der Waals surface area contributed by atoms with Crippen molar-refractivity contribution < 1.29 is 9.59 Å². The monoisotopic (exact) mass is 338 g/mol. The zero-order chi connectivity index (χ0) is 18.0. The molecular formula is C19H22N4O2. The second kappa shape index (κ2) is 7.01. The van der Waals surface area contributed by atoms with E-state index in [1.807, 2.05) is 45.0 Å². The molecule has 0 radical (unpaired) electrons. The second-order valence-corrected chi connectivity index (χ2v) is 6.54. The summed E-state index contributed by atoms with van der Waals surface area (Å²) < 4.78 is 0. The molecule has 1 N–H and O–H groups in total. The van der Waals surface area contributed by atoms with Crippen LogP contribution in [-0.2, 0) is 16.1 Å². The Morgan fingerprint density at radius 3 is 2.72 bits per heavy atom. The third kappa shape index (κ3) is 3.84. The van der Waals surface area contributed by atoms with Gasteiger partial charge in [0, 0.05) is 24.3 Å². The van der Waals surface area contributed by atoms with E-state index in [1.54, 1.807) is 4.90 Å². The molecule has 2 amide bonds. The molecule has 130 valence electrons. The lowest BCUT2D eigenvalue weighted by Gasteiger charge is -2.18. The Bertz CT molecular complexity index is 819. The molecule has 1 atom stereocenters. The molecule has 0 bridgehead atoms. The van der Waals surface area contributed by atoms with Crippen LogP contribution in [0.2, 0.25) is 0 Å². The summed E-state index contributed by atoms with van der Waals surface area (Å²) in [6.07, 6.45) is 1.72. The van der Waals surface area contributed by atoms with E-state index < -0.39 is 0 Å². The normalized spacial score (nSPS) is 17.0. The van der Waals surface area contributed by atoms with Gasteiger partial charge >= 0.3 is 0 Å². The van der Waals surface area contributed by atoms with Gasteiger partial charge in [0.2, 0.25) is 11.8 Å². The first-order chi connectivity index (χ1) is 11.9. The summed E-state index contributed by atoms with van der Waals surface area (Å²) in [6, 6.07) is 7.77. The van der Waals surface area contributed by atoms with Crippen molar-refractivity contribution in [2.24, 2.45) is 5.92 Å². The Morgan fingerprint density at radius 2 is 2.00 bits per heavy atom. The zero-order valence-electron chi connectivity index (χ0n) is 14.7. The fraction of sp³-hybridized carbons (Fsp3) is 0.368. The number of carbonyl (C=O) groups is 2. The van der Waals surface area contributed by atoms with E-state index >= 15 is 0 Å². The number of aromatic nitrogens is 2. The standard InChI is InChI=1S/C19H22N4O2/c1-12-4-5-17(6-13(12)2)23-10-15(8-18(23)24)19(25)20-9-16-7-14(3)21-11-22-16/h4-7,11,15H,8-10H2,1-3H3,(H,20,25).